The summed E-state index contributed by atoms with van der Waals surface area (Å²) < 4.78 is 0. The van der Waals surface area contributed by atoms with Gasteiger partial charge >= 0.3 is 0 Å². The minimum absolute atomic E-state index is 0.0234. The molecular weight excluding hydrogens is 374 g/mol. The van der Waals surface area contributed by atoms with Gasteiger partial charge in [0.2, 0.25) is 5.91 Å². The van der Waals surface area contributed by atoms with Crippen LogP contribution in [-0.4, -0.2) is 31.8 Å². The van der Waals surface area contributed by atoms with Crippen molar-refractivity contribution in [3.05, 3.63) is 57.6 Å². The van der Waals surface area contributed by atoms with Crippen LogP contribution >= 0.6 is 23.1 Å². The first-order valence-electron chi connectivity index (χ1n) is 7.44. The number of anilines is 1. The molecule has 1 aromatic carbocycles. The van der Waals surface area contributed by atoms with Gasteiger partial charge in [0.1, 0.15) is 5.03 Å². The number of nitrogens with one attached hydrogen (secondary N) is 1. The van der Waals surface area contributed by atoms with E-state index in [2.05, 4.69) is 20.5 Å². The summed E-state index contributed by atoms with van der Waals surface area (Å²) in [5.41, 5.74) is 2.23. The molecule has 0 bridgehead atoms. The van der Waals surface area contributed by atoms with Crippen LogP contribution in [-0.2, 0) is 4.79 Å². The van der Waals surface area contributed by atoms with Gasteiger partial charge in [-0.3, -0.25) is 14.9 Å². The molecule has 2 heterocycles. The van der Waals surface area contributed by atoms with Crippen molar-refractivity contribution in [1.82, 2.24) is 15.2 Å². The number of thiazole rings is 1. The fourth-order valence-electron chi connectivity index (χ4n) is 2.01. The molecular formula is C16H13N5O3S2. The van der Waals surface area contributed by atoms with E-state index in [1.54, 1.807) is 24.3 Å². The van der Waals surface area contributed by atoms with Gasteiger partial charge in [-0.2, -0.15) is 0 Å². The van der Waals surface area contributed by atoms with Crippen LogP contribution in [0.2, 0.25) is 0 Å². The summed E-state index contributed by atoms with van der Waals surface area (Å²) >= 11 is 2.65. The molecule has 3 aromatic rings. The van der Waals surface area contributed by atoms with Gasteiger partial charge in [0.15, 0.2) is 5.13 Å². The van der Waals surface area contributed by atoms with Gasteiger partial charge in [0, 0.05) is 23.1 Å². The molecule has 0 radical (unpaired) electrons. The lowest BCUT2D eigenvalue weighted by Crippen LogP contribution is -2.14. The number of aromatic nitrogens is 3. The largest absolute Gasteiger partial charge is 0.301 e. The highest BCUT2D eigenvalue weighted by atomic mass is 32.2. The Kier molecular flexibility index (Phi) is 5.54. The standard InChI is InChI=1S/C16H13N5O3S2/c1-10-8-26-16(17-10)18-14(22)9-25-15-7-6-13(19-20-15)11-2-4-12(5-3-11)21(23)24/h2-8H,9H2,1H3,(H,17,18,22). The molecule has 0 unspecified atom stereocenters. The maximum Gasteiger partial charge on any atom is 0.269 e. The van der Waals surface area contributed by atoms with Crippen LogP contribution < -0.4 is 5.32 Å². The van der Waals surface area contributed by atoms with Crippen LogP contribution in [0, 0.1) is 17.0 Å². The average Bonchev–Trinajstić information content (AvgIpc) is 3.05. The Morgan fingerprint density at radius 3 is 2.58 bits per heavy atom. The number of nitro benzene ring substituents is 1. The van der Waals surface area contributed by atoms with E-state index < -0.39 is 4.92 Å². The Morgan fingerprint density at radius 2 is 2.00 bits per heavy atom. The second kappa shape index (κ2) is 8.02. The highest BCUT2D eigenvalue weighted by molar-refractivity contribution is 7.99. The van der Waals surface area contributed by atoms with Gasteiger partial charge in [-0.15, -0.1) is 21.5 Å². The molecule has 0 aliphatic carbocycles. The Balaban J connectivity index is 1.57. The van der Waals surface area contributed by atoms with E-state index >= 15 is 0 Å². The quantitative estimate of drug-likeness (QED) is 0.391. The van der Waals surface area contributed by atoms with Gasteiger partial charge in [0.25, 0.3) is 5.69 Å². The lowest BCUT2D eigenvalue weighted by molar-refractivity contribution is -0.384. The number of rotatable bonds is 6. The number of nitrogens with zero attached hydrogens (tertiary/aromatic N) is 4. The van der Waals surface area contributed by atoms with Crippen molar-refractivity contribution in [1.29, 1.82) is 0 Å². The van der Waals surface area contributed by atoms with Crippen LogP contribution in [0.5, 0.6) is 0 Å². The first kappa shape index (κ1) is 18.0. The van der Waals surface area contributed by atoms with Gasteiger partial charge in [0.05, 0.1) is 22.1 Å². The Morgan fingerprint density at radius 1 is 1.23 bits per heavy atom. The average molecular weight is 387 g/mol. The number of thioether (sulfide) groups is 1. The number of nitro groups is 1. The topological polar surface area (TPSA) is 111 Å². The van der Waals surface area contributed by atoms with Crippen molar-refractivity contribution >= 4 is 39.8 Å². The molecule has 0 saturated carbocycles. The molecule has 1 N–H and O–H groups in total. The van der Waals surface area contributed by atoms with Crippen molar-refractivity contribution in [3.63, 3.8) is 0 Å². The minimum Gasteiger partial charge on any atom is -0.301 e. The number of hydrogen-bond donors (Lipinski definition) is 1. The van der Waals surface area contributed by atoms with E-state index in [0.29, 0.717) is 15.9 Å². The molecule has 132 valence electrons. The van der Waals surface area contributed by atoms with Crippen molar-refractivity contribution in [2.75, 3.05) is 11.1 Å². The molecule has 0 spiro atoms. The van der Waals surface area contributed by atoms with E-state index in [4.69, 9.17) is 0 Å². The van der Waals surface area contributed by atoms with Crippen molar-refractivity contribution in [3.8, 4) is 11.3 Å². The fourth-order valence-corrected chi connectivity index (χ4v) is 3.33. The first-order chi connectivity index (χ1) is 12.5. The summed E-state index contributed by atoms with van der Waals surface area (Å²) in [5, 5.41) is 24.6. The van der Waals surface area contributed by atoms with E-state index in [-0.39, 0.29) is 17.3 Å². The highest BCUT2D eigenvalue weighted by Gasteiger charge is 2.09. The molecule has 0 aliphatic rings. The third-order valence-electron chi connectivity index (χ3n) is 3.23. The van der Waals surface area contributed by atoms with Crippen LogP contribution in [0.3, 0.4) is 0 Å². The molecule has 0 saturated heterocycles. The first-order valence-corrected chi connectivity index (χ1v) is 9.31. The predicted molar refractivity (Wildman–Crippen MR) is 100 cm³/mol. The van der Waals surface area contributed by atoms with Gasteiger partial charge < -0.3 is 5.32 Å². The summed E-state index contributed by atoms with van der Waals surface area (Å²) in [4.78, 5) is 26.3. The van der Waals surface area contributed by atoms with E-state index in [1.807, 2.05) is 12.3 Å². The number of benzene rings is 1. The third-order valence-corrected chi connectivity index (χ3v) is 5.03. The second-order valence-corrected chi connectivity index (χ2v) is 7.05. The van der Waals surface area contributed by atoms with Gasteiger partial charge in [-0.05, 0) is 31.2 Å². The molecule has 10 heteroatoms. The van der Waals surface area contributed by atoms with E-state index in [9.17, 15) is 14.9 Å². The van der Waals surface area contributed by atoms with Crippen molar-refractivity contribution in [2.24, 2.45) is 0 Å². The Bertz CT molecular complexity index is 926. The fraction of sp³-hybridized carbons (Fsp3) is 0.125. The number of hydrogen-bond acceptors (Lipinski definition) is 8. The third kappa shape index (κ3) is 4.61. The van der Waals surface area contributed by atoms with Crippen LogP contribution in [0.4, 0.5) is 10.8 Å². The van der Waals surface area contributed by atoms with Crippen LogP contribution in [0.1, 0.15) is 5.69 Å². The summed E-state index contributed by atoms with van der Waals surface area (Å²) in [7, 11) is 0. The normalized spacial score (nSPS) is 10.5. The summed E-state index contributed by atoms with van der Waals surface area (Å²) in [6, 6.07) is 9.61. The lowest BCUT2D eigenvalue weighted by Gasteiger charge is -2.03. The molecule has 0 aliphatic heterocycles. The predicted octanol–water partition coefficient (Wildman–Crippen LogP) is 3.55. The second-order valence-electron chi connectivity index (χ2n) is 5.19. The zero-order valence-electron chi connectivity index (χ0n) is 13.6. The Labute approximate surface area is 156 Å². The maximum atomic E-state index is 11.9. The van der Waals surface area contributed by atoms with Crippen LogP contribution in [0.15, 0.2) is 46.8 Å². The Hall–Kier alpha value is -2.85. The molecule has 8 nitrogen and oxygen atoms in total. The SMILES string of the molecule is Cc1csc(NC(=O)CSc2ccc(-c3ccc([N+](=O)[O-])cc3)nn2)n1. The zero-order valence-corrected chi connectivity index (χ0v) is 15.2. The zero-order chi connectivity index (χ0) is 18.5. The van der Waals surface area contributed by atoms with Crippen molar-refractivity contribution in [2.45, 2.75) is 11.9 Å². The van der Waals surface area contributed by atoms with E-state index in [0.717, 1.165) is 11.3 Å². The highest BCUT2D eigenvalue weighted by Crippen LogP contribution is 2.22. The molecule has 1 amide bonds. The summed E-state index contributed by atoms with van der Waals surface area (Å²) in [6.07, 6.45) is 0. The number of aryl methyl sites for hydroxylation is 1. The monoisotopic (exact) mass is 387 g/mol. The van der Waals surface area contributed by atoms with Gasteiger partial charge in [-0.1, -0.05) is 11.8 Å². The molecule has 2 aromatic heterocycles. The number of non-ortho nitro benzene ring substituents is 1. The number of carbonyl (C=O) groups is 1. The van der Waals surface area contributed by atoms with E-state index in [1.165, 1.54) is 35.2 Å². The maximum absolute atomic E-state index is 11.9. The molecule has 0 atom stereocenters. The summed E-state index contributed by atoms with van der Waals surface area (Å²) in [5.74, 6) is 0.0371. The lowest BCUT2D eigenvalue weighted by atomic mass is 10.1. The summed E-state index contributed by atoms with van der Waals surface area (Å²) in [6.45, 7) is 1.86. The number of carbonyl (C=O) groups excluding carboxylic acids is 1. The van der Waals surface area contributed by atoms with Crippen molar-refractivity contribution < 1.29 is 9.72 Å². The molecule has 3 rings (SSSR count). The van der Waals surface area contributed by atoms with Gasteiger partial charge in [-0.25, -0.2) is 4.98 Å². The smallest absolute Gasteiger partial charge is 0.269 e. The molecule has 26 heavy (non-hydrogen) atoms. The number of amides is 1. The minimum atomic E-state index is -0.451. The molecule has 0 fully saturated rings. The van der Waals surface area contributed by atoms with Crippen LogP contribution in [0.25, 0.3) is 11.3 Å².